The van der Waals surface area contributed by atoms with E-state index in [-0.39, 0.29) is 0 Å². The zero-order valence-corrected chi connectivity index (χ0v) is 12.0. The van der Waals surface area contributed by atoms with E-state index in [1.807, 2.05) is 19.1 Å². The predicted molar refractivity (Wildman–Crippen MR) is 83.8 cm³/mol. The van der Waals surface area contributed by atoms with Gasteiger partial charge in [-0.25, -0.2) is 19.9 Å². The van der Waals surface area contributed by atoms with E-state index in [1.165, 1.54) is 11.9 Å². The molecule has 0 aliphatic heterocycles. The van der Waals surface area contributed by atoms with Crippen LogP contribution in [-0.4, -0.2) is 26.5 Å². The molecule has 0 unspecified atom stereocenters. The molecule has 2 heterocycles. The molecule has 2 aromatic heterocycles. The van der Waals surface area contributed by atoms with Gasteiger partial charge in [0.15, 0.2) is 5.82 Å². The average Bonchev–Trinajstić information content (AvgIpc) is 2.48. The van der Waals surface area contributed by atoms with Crippen molar-refractivity contribution < 1.29 is 0 Å². The number of benzene rings is 1. The first-order valence-electron chi connectivity index (χ1n) is 6.81. The molecule has 21 heavy (non-hydrogen) atoms. The van der Waals surface area contributed by atoms with E-state index < -0.39 is 0 Å². The molecular formula is C15H16N6. The third kappa shape index (κ3) is 2.89. The molecule has 0 amide bonds. The predicted octanol–water partition coefficient (Wildman–Crippen LogP) is 2.90. The van der Waals surface area contributed by atoms with Gasteiger partial charge < -0.3 is 10.6 Å². The van der Waals surface area contributed by atoms with E-state index in [2.05, 4.69) is 49.6 Å². The minimum Gasteiger partial charge on any atom is -0.354 e. The van der Waals surface area contributed by atoms with Crippen molar-refractivity contribution in [1.29, 1.82) is 0 Å². The first kappa shape index (κ1) is 13.2. The van der Waals surface area contributed by atoms with E-state index >= 15 is 0 Å². The molecule has 0 aliphatic carbocycles. The molecule has 0 atom stereocenters. The molecule has 106 valence electrons. The number of rotatable bonds is 4. The monoisotopic (exact) mass is 280 g/mol. The summed E-state index contributed by atoms with van der Waals surface area (Å²) in [6.45, 7) is 4.81. The molecule has 3 aromatic rings. The van der Waals surface area contributed by atoms with Crippen molar-refractivity contribution in [3.8, 4) is 0 Å². The Kier molecular flexibility index (Phi) is 3.59. The Morgan fingerprint density at radius 1 is 1.14 bits per heavy atom. The summed E-state index contributed by atoms with van der Waals surface area (Å²) < 4.78 is 0. The average molecular weight is 280 g/mol. The molecule has 6 nitrogen and oxygen atoms in total. The van der Waals surface area contributed by atoms with Crippen LogP contribution in [0, 0.1) is 6.92 Å². The van der Waals surface area contributed by atoms with Gasteiger partial charge in [-0.1, -0.05) is 12.1 Å². The maximum Gasteiger partial charge on any atom is 0.223 e. The SMILES string of the molecule is CCNc1ncc2ncnc(Nc3cccc(C)c3)c2n1. The van der Waals surface area contributed by atoms with Crippen molar-refractivity contribution in [3.63, 3.8) is 0 Å². The number of hydrogen-bond acceptors (Lipinski definition) is 6. The topological polar surface area (TPSA) is 75.6 Å². The van der Waals surface area contributed by atoms with Gasteiger partial charge >= 0.3 is 0 Å². The van der Waals surface area contributed by atoms with E-state index in [0.29, 0.717) is 22.8 Å². The van der Waals surface area contributed by atoms with Gasteiger partial charge in [-0.15, -0.1) is 0 Å². The number of anilines is 3. The van der Waals surface area contributed by atoms with Gasteiger partial charge in [0.25, 0.3) is 0 Å². The van der Waals surface area contributed by atoms with Crippen LogP contribution in [0.2, 0.25) is 0 Å². The first-order chi connectivity index (χ1) is 10.3. The number of hydrogen-bond donors (Lipinski definition) is 2. The summed E-state index contributed by atoms with van der Waals surface area (Å²) in [6, 6.07) is 8.10. The third-order valence-electron chi connectivity index (χ3n) is 2.99. The summed E-state index contributed by atoms with van der Waals surface area (Å²) in [5, 5.41) is 6.38. The zero-order valence-electron chi connectivity index (χ0n) is 12.0. The molecule has 0 saturated heterocycles. The Balaban J connectivity index is 2.02. The lowest BCUT2D eigenvalue weighted by atomic mass is 10.2. The summed E-state index contributed by atoms with van der Waals surface area (Å²) >= 11 is 0. The van der Waals surface area contributed by atoms with Crippen LogP contribution in [-0.2, 0) is 0 Å². The van der Waals surface area contributed by atoms with Gasteiger partial charge in [-0.3, -0.25) is 0 Å². The molecule has 0 aliphatic rings. The first-order valence-corrected chi connectivity index (χ1v) is 6.81. The number of aromatic nitrogens is 4. The smallest absolute Gasteiger partial charge is 0.223 e. The van der Waals surface area contributed by atoms with Crippen molar-refractivity contribution in [2.24, 2.45) is 0 Å². The van der Waals surface area contributed by atoms with Gasteiger partial charge in [0, 0.05) is 12.2 Å². The fraction of sp³-hybridized carbons (Fsp3) is 0.200. The highest BCUT2D eigenvalue weighted by molar-refractivity contribution is 5.87. The molecule has 0 fully saturated rings. The van der Waals surface area contributed by atoms with Crippen LogP contribution in [0.1, 0.15) is 12.5 Å². The summed E-state index contributed by atoms with van der Waals surface area (Å²) in [5.41, 5.74) is 3.56. The molecule has 0 bridgehead atoms. The van der Waals surface area contributed by atoms with E-state index in [4.69, 9.17) is 0 Å². The molecule has 0 spiro atoms. The molecule has 2 N–H and O–H groups in total. The van der Waals surface area contributed by atoms with Gasteiger partial charge in [0.2, 0.25) is 5.95 Å². The highest BCUT2D eigenvalue weighted by Crippen LogP contribution is 2.22. The van der Waals surface area contributed by atoms with Crippen LogP contribution < -0.4 is 10.6 Å². The van der Waals surface area contributed by atoms with Crippen LogP contribution in [0.4, 0.5) is 17.5 Å². The third-order valence-corrected chi connectivity index (χ3v) is 2.99. The van der Waals surface area contributed by atoms with Crippen molar-refractivity contribution in [1.82, 2.24) is 19.9 Å². The van der Waals surface area contributed by atoms with Crippen molar-refractivity contribution >= 4 is 28.5 Å². The van der Waals surface area contributed by atoms with Gasteiger partial charge in [-0.2, -0.15) is 0 Å². The molecule has 1 aromatic carbocycles. The summed E-state index contributed by atoms with van der Waals surface area (Å²) in [6.07, 6.45) is 3.21. The normalized spacial score (nSPS) is 10.6. The van der Waals surface area contributed by atoms with Gasteiger partial charge in [0.05, 0.1) is 6.20 Å². The molecule has 0 radical (unpaired) electrons. The standard InChI is InChI=1S/C15H16N6/c1-3-16-15-17-8-12-13(21-15)14(19-9-18-12)20-11-6-4-5-10(2)7-11/h4-9H,3H2,1-2H3,(H,16,17,21)(H,18,19,20). The zero-order chi connectivity index (χ0) is 14.7. The second kappa shape index (κ2) is 5.70. The van der Waals surface area contributed by atoms with Crippen molar-refractivity contribution in [2.75, 3.05) is 17.2 Å². The minimum absolute atomic E-state index is 0.576. The lowest BCUT2D eigenvalue weighted by Crippen LogP contribution is -2.04. The lowest BCUT2D eigenvalue weighted by Gasteiger charge is -2.09. The molecule has 0 saturated carbocycles. The summed E-state index contributed by atoms with van der Waals surface area (Å²) in [4.78, 5) is 17.2. The lowest BCUT2D eigenvalue weighted by molar-refractivity contribution is 1.09. The van der Waals surface area contributed by atoms with Crippen LogP contribution in [0.5, 0.6) is 0 Å². The van der Waals surface area contributed by atoms with E-state index in [0.717, 1.165) is 12.2 Å². The fourth-order valence-corrected chi connectivity index (χ4v) is 2.05. The Bertz CT molecular complexity index is 771. The molecular weight excluding hydrogens is 264 g/mol. The van der Waals surface area contributed by atoms with Crippen LogP contribution in [0.3, 0.4) is 0 Å². The second-order valence-electron chi connectivity index (χ2n) is 4.67. The van der Waals surface area contributed by atoms with Crippen LogP contribution in [0.15, 0.2) is 36.8 Å². The number of fused-ring (bicyclic) bond motifs is 1. The quantitative estimate of drug-likeness (QED) is 0.765. The van der Waals surface area contributed by atoms with Crippen molar-refractivity contribution in [2.45, 2.75) is 13.8 Å². The van der Waals surface area contributed by atoms with Gasteiger partial charge in [0.1, 0.15) is 17.4 Å². The fourth-order valence-electron chi connectivity index (χ4n) is 2.05. The highest BCUT2D eigenvalue weighted by atomic mass is 15.1. The van der Waals surface area contributed by atoms with Crippen LogP contribution in [0.25, 0.3) is 11.0 Å². The summed E-state index contributed by atoms with van der Waals surface area (Å²) in [5.74, 6) is 1.25. The second-order valence-corrected chi connectivity index (χ2v) is 4.67. The van der Waals surface area contributed by atoms with Crippen LogP contribution >= 0.6 is 0 Å². The Morgan fingerprint density at radius 2 is 2.05 bits per heavy atom. The van der Waals surface area contributed by atoms with Crippen molar-refractivity contribution in [3.05, 3.63) is 42.4 Å². The van der Waals surface area contributed by atoms with E-state index in [9.17, 15) is 0 Å². The minimum atomic E-state index is 0.576. The molecule has 6 heteroatoms. The Morgan fingerprint density at radius 3 is 2.86 bits per heavy atom. The van der Waals surface area contributed by atoms with E-state index in [1.54, 1.807) is 6.20 Å². The van der Waals surface area contributed by atoms with Gasteiger partial charge in [-0.05, 0) is 31.5 Å². The Hall–Kier alpha value is -2.76. The number of nitrogens with one attached hydrogen (secondary N) is 2. The number of nitrogens with zero attached hydrogens (tertiary/aromatic N) is 4. The number of aryl methyl sites for hydroxylation is 1. The molecule has 3 rings (SSSR count). The maximum absolute atomic E-state index is 4.47. The largest absolute Gasteiger partial charge is 0.354 e. The Labute approximate surface area is 122 Å². The summed E-state index contributed by atoms with van der Waals surface area (Å²) in [7, 11) is 0. The highest BCUT2D eigenvalue weighted by Gasteiger charge is 2.07. The maximum atomic E-state index is 4.47.